The van der Waals surface area contributed by atoms with Crippen molar-refractivity contribution in [2.75, 3.05) is 0 Å². The van der Waals surface area contributed by atoms with Crippen molar-refractivity contribution in [1.82, 2.24) is 9.97 Å². The first-order chi connectivity index (χ1) is 10.1. The summed E-state index contributed by atoms with van der Waals surface area (Å²) in [6.45, 7) is 2.15. The van der Waals surface area contributed by atoms with Gasteiger partial charge in [-0.05, 0) is 36.1 Å². The molecule has 0 aliphatic heterocycles. The van der Waals surface area contributed by atoms with Crippen LogP contribution in [-0.4, -0.2) is 9.97 Å². The second kappa shape index (κ2) is 5.67. The van der Waals surface area contributed by atoms with E-state index in [0.29, 0.717) is 21.8 Å². The van der Waals surface area contributed by atoms with E-state index in [4.69, 9.17) is 10.5 Å². The number of rotatable bonds is 4. The maximum Gasteiger partial charge on any atom is 0.268 e. The number of aromatic nitrogens is 2. The molecule has 1 atom stereocenters. The van der Waals surface area contributed by atoms with Gasteiger partial charge in [-0.2, -0.15) is 0 Å². The highest BCUT2D eigenvalue weighted by molar-refractivity contribution is 7.17. The molecular weight excluding hydrogens is 286 g/mol. The van der Waals surface area contributed by atoms with Gasteiger partial charge < -0.3 is 15.5 Å². The zero-order chi connectivity index (χ0) is 14.8. The molecule has 3 rings (SSSR count). The van der Waals surface area contributed by atoms with Crippen LogP contribution in [0.1, 0.15) is 24.4 Å². The summed E-state index contributed by atoms with van der Waals surface area (Å²) in [7, 11) is 0. The fourth-order valence-corrected chi connectivity index (χ4v) is 2.73. The smallest absolute Gasteiger partial charge is 0.268 e. The average molecular weight is 301 g/mol. The molecular formula is C15H15N3O2S. The van der Waals surface area contributed by atoms with E-state index in [-0.39, 0.29) is 18.2 Å². The van der Waals surface area contributed by atoms with Crippen LogP contribution in [0.3, 0.4) is 0 Å². The highest BCUT2D eigenvalue weighted by atomic mass is 32.1. The number of nitrogens with zero attached hydrogens (tertiary/aromatic N) is 1. The van der Waals surface area contributed by atoms with E-state index in [1.54, 1.807) is 0 Å². The second-order valence-electron chi connectivity index (χ2n) is 4.79. The Morgan fingerprint density at radius 3 is 2.81 bits per heavy atom. The Morgan fingerprint density at radius 1 is 1.33 bits per heavy atom. The third kappa shape index (κ3) is 2.96. The van der Waals surface area contributed by atoms with Gasteiger partial charge in [-0.25, -0.2) is 4.98 Å². The Hall–Kier alpha value is -2.18. The first-order valence-corrected chi connectivity index (χ1v) is 7.46. The molecule has 1 unspecified atom stereocenters. The molecule has 0 fully saturated rings. The van der Waals surface area contributed by atoms with Gasteiger partial charge in [-0.3, -0.25) is 4.79 Å². The summed E-state index contributed by atoms with van der Waals surface area (Å²) in [5, 5.41) is 1.85. The maximum atomic E-state index is 11.8. The monoisotopic (exact) mass is 301 g/mol. The topological polar surface area (TPSA) is 81.0 Å². The summed E-state index contributed by atoms with van der Waals surface area (Å²) in [5.74, 6) is 1.23. The molecule has 21 heavy (non-hydrogen) atoms. The molecule has 108 valence electrons. The van der Waals surface area contributed by atoms with E-state index in [0.717, 1.165) is 5.56 Å². The summed E-state index contributed by atoms with van der Waals surface area (Å²) < 4.78 is 6.28. The van der Waals surface area contributed by atoms with Crippen molar-refractivity contribution in [1.29, 1.82) is 0 Å². The minimum Gasteiger partial charge on any atom is -0.486 e. The number of nitrogens with one attached hydrogen (secondary N) is 1. The Kier molecular flexibility index (Phi) is 3.72. The number of aromatic amines is 1. The predicted molar refractivity (Wildman–Crippen MR) is 83.6 cm³/mol. The lowest BCUT2D eigenvalue weighted by Crippen LogP contribution is -2.12. The van der Waals surface area contributed by atoms with Gasteiger partial charge in [0.05, 0.1) is 5.52 Å². The summed E-state index contributed by atoms with van der Waals surface area (Å²) >= 11 is 1.38. The van der Waals surface area contributed by atoms with Crippen molar-refractivity contribution in [3.63, 3.8) is 0 Å². The number of ether oxygens (including phenoxy) is 1. The largest absolute Gasteiger partial charge is 0.486 e. The number of thiophene rings is 1. The van der Waals surface area contributed by atoms with Crippen LogP contribution in [0.5, 0.6) is 5.75 Å². The number of H-pyrrole nitrogens is 1. The number of nitrogens with two attached hydrogens (primary N) is 1. The van der Waals surface area contributed by atoms with Gasteiger partial charge in [-0.1, -0.05) is 12.1 Å². The van der Waals surface area contributed by atoms with Crippen LogP contribution in [-0.2, 0) is 6.61 Å². The van der Waals surface area contributed by atoms with E-state index in [1.807, 2.05) is 42.6 Å². The van der Waals surface area contributed by atoms with Crippen molar-refractivity contribution in [2.24, 2.45) is 5.73 Å². The van der Waals surface area contributed by atoms with Crippen LogP contribution in [0.2, 0.25) is 0 Å². The highest BCUT2D eigenvalue weighted by Gasteiger charge is 2.06. The molecule has 0 spiro atoms. The molecule has 0 radical (unpaired) electrons. The summed E-state index contributed by atoms with van der Waals surface area (Å²) in [6.07, 6.45) is 0. The zero-order valence-corrected chi connectivity index (χ0v) is 12.3. The molecule has 6 heteroatoms. The van der Waals surface area contributed by atoms with Gasteiger partial charge in [0.1, 0.15) is 22.9 Å². The summed E-state index contributed by atoms with van der Waals surface area (Å²) in [5.41, 5.74) is 7.43. The number of hydrogen-bond acceptors (Lipinski definition) is 5. The molecule has 0 aliphatic rings. The van der Waals surface area contributed by atoms with Crippen molar-refractivity contribution < 1.29 is 4.74 Å². The van der Waals surface area contributed by atoms with Crippen LogP contribution in [0.15, 0.2) is 40.5 Å². The molecule has 0 saturated carbocycles. The van der Waals surface area contributed by atoms with E-state index in [1.165, 1.54) is 11.3 Å². The maximum absolute atomic E-state index is 11.8. The molecule has 2 heterocycles. The zero-order valence-electron chi connectivity index (χ0n) is 11.5. The van der Waals surface area contributed by atoms with Crippen LogP contribution in [0.4, 0.5) is 0 Å². The molecule has 0 amide bonds. The number of benzene rings is 1. The van der Waals surface area contributed by atoms with Gasteiger partial charge in [0.2, 0.25) is 0 Å². The molecule has 1 aromatic carbocycles. The fourth-order valence-electron chi connectivity index (χ4n) is 2.01. The lowest BCUT2D eigenvalue weighted by Gasteiger charge is -2.08. The highest BCUT2D eigenvalue weighted by Crippen LogP contribution is 2.17. The normalized spacial score (nSPS) is 12.5. The first-order valence-electron chi connectivity index (χ1n) is 6.58. The Morgan fingerprint density at radius 2 is 2.10 bits per heavy atom. The summed E-state index contributed by atoms with van der Waals surface area (Å²) in [6, 6.07) is 9.41. The number of hydrogen-bond donors (Lipinski definition) is 2. The quantitative estimate of drug-likeness (QED) is 0.776. The number of fused-ring (bicyclic) bond motifs is 1. The van der Waals surface area contributed by atoms with Crippen LogP contribution in [0, 0.1) is 0 Å². The van der Waals surface area contributed by atoms with E-state index in [2.05, 4.69) is 9.97 Å². The van der Waals surface area contributed by atoms with E-state index < -0.39 is 0 Å². The molecule has 0 saturated heterocycles. The predicted octanol–water partition coefficient (Wildman–Crippen LogP) is 2.58. The van der Waals surface area contributed by atoms with Crippen LogP contribution in [0.25, 0.3) is 10.2 Å². The Balaban J connectivity index is 1.75. The van der Waals surface area contributed by atoms with Crippen molar-refractivity contribution in [2.45, 2.75) is 19.6 Å². The molecule has 3 N–H and O–H groups in total. The van der Waals surface area contributed by atoms with Gasteiger partial charge >= 0.3 is 0 Å². The fraction of sp³-hybridized carbons (Fsp3) is 0.200. The SMILES string of the molecule is CC(N)c1ccc(OCc2nc3ccsc3c(=O)[nH]2)cc1. The van der Waals surface area contributed by atoms with Crippen molar-refractivity contribution in [3.8, 4) is 5.75 Å². The van der Waals surface area contributed by atoms with Gasteiger partial charge in [0.15, 0.2) is 0 Å². The summed E-state index contributed by atoms with van der Waals surface area (Å²) in [4.78, 5) is 18.9. The molecule has 5 nitrogen and oxygen atoms in total. The van der Waals surface area contributed by atoms with E-state index >= 15 is 0 Å². The molecule has 0 aliphatic carbocycles. The minimum atomic E-state index is -0.124. The lowest BCUT2D eigenvalue weighted by molar-refractivity contribution is 0.296. The molecule has 0 bridgehead atoms. The minimum absolute atomic E-state index is 0.00179. The van der Waals surface area contributed by atoms with Gasteiger partial charge in [0, 0.05) is 6.04 Å². The Bertz CT molecular complexity index is 806. The van der Waals surface area contributed by atoms with Crippen molar-refractivity contribution in [3.05, 3.63) is 57.5 Å². The first kappa shape index (κ1) is 13.8. The third-order valence-corrected chi connectivity index (χ3v) is 4.05. The Labute approximate surface area is 125 Å². The molecule has 2 aromatic heterocycles. The molecule has 3 aromatic rings. The standard InChI is InChI=1S/C15H15N3O2S/c1-9(16)10-2-4-11(5-3-10)20-8-13-17-12-6-7-21-14(12)15(19)18-13/h2-7,9H,8,16H2,1H3,(H,17,18,19). The van der Waals surface area contributed by atoms with Crippen LogP contribution < -0.4 is 16.0 Å². The third-order valence-electron chi connectivity index (χ3n) is 3.15. The van der Waals surface area contributed by atoms with Gasteiger partial charge in [0.25, 0.3) is 5.56 Å². The second-order valence-corrected chi connectivity index (χ2v) is 5.71. The van der Waals surface area contributed by atoms with Crippen molar-refractivity contribution >= 4 is 21.6 Å². The van der Waals surface area contributed by atoms with Crippen LogP contribution >= 0.6 is 11.3 Å². The average Bonchev–Trinajstić information content (AvgIpc) is 2.94. The van der Waals surface area contributed by atoms with Gasteiger partial charge in [-0.15, -0.1) is 11.3 Å². The lowest BCUT2D eigenvalue weighted by atomic mass is 10.1. The van der Waals surface area contributed by atoms with E-state index in [9.17, 15) is 4.79 Å².